The van der Waals surface area contributed by atoms with Gasteiger partial charge < -0.3 is 14.4 Å². The summed E-state index contributed by atoms with van der Waals surface area (Å²) >= 11 is 0. The minimum atomic E-state index is -3.68. The van der Waals surface area contributed by atoms with Crippen molar-refractivity contribution in [1.29, 1.82) is 0 Å². The molecule has 11 heteroatoms. The Balaban J connectivity index is 2.04. The first-order chi connectivity index (χ1) is 15.9. The Labute approximate surface area is 201 Å². The Morgan fingerprint density at radius 2 is 1.85 bits per heavy atom. The number of carbonyl (C=O) groups is 1. The average Bonchev–Trinajstić information content (AvgIpc) is 2.75. The van der Waals surface area contributed by atoms with Crippen molar-refractivity contribution in [2.45, 2.75) is 46.4 Å². The minimum absolute atomic E-state index is 0.128. The third kappa shape index (κ3) is 7.93. The van der Waals surface area contributed by atoms with Gasteiger partial charge in [0.1, 0.15) is 18.0 Å². The molecule has 1 saturated heterocycles. The number of aromatic nitrogens is 2. The van der Waals surface area contributed by atoms with Gasteiger partial charge in [-0.3, -0.25) is 14.1 Å². The summed E-state index contributed by atoms with van der Waals surface area (Å²) in [6, 6.07) is 9.12. The second-order valence-electron chi connectivity index (χ2n) is 9.08. The molecule has 1 aliphatic heterocycles. The first kappa shape index (κ1) is 25.9. The van der Waals surface area contributed by atoms with Gasteiger partial charge in [0.25, 0.3) is 10.1 Å². The molecule has 0 saturated carbocycles. The Hall–Kier alpha value is -2.76. The zero-order chi connectivity index (χ0) is 24.9. The van der Waals surface area contributed by atoms with E-state index in [1.165, 1.54) is 4.90 Å². The summed E-state index contributed by atoms with van der Waals surface area (Å²) in [6.07, 6.45) is 0.397. The smallest absolute Gasteiger partial charge is 0.416 e. The number of anilines is 2. The number of amides is 1. The Kier molecular flexibility index (Phi) is 8.11. The van der Waals surface area contributed by atoms with E-state index >= 15 is 0 Å². The van der Waals surface area contributed by atoms with E-state index in [4.69, 9.17) is 13.7 Å². The predicted molar refractivity (Wildman–Crippen MR) is 128 cm³/mol. The predicted octanol–water partition coefficient (Wildman–Crippen LogP) is 3.04. The van der Waals surface area contributed by atoms with Crippen molar-refractivity contribution in [3.05, 3.63) is 47.4 Å². The maximum Gasteiger partial charge on any atom is 0.416 e. The summed E-state index contributed by atoms with van der Waals surface area (Å²) < 4.78 is 39.2. The van der Waals surface area contributed by atoms with Gasteiger partial charge in [0.15, 0.2) is 0 Å². The molecule has 10 nitrogen and oxygen atoms in total. The largest absolute Gasteiger partial charge is 0.443 e. The molecule has 0 unspecified atom stereocenters. The lowest BCUT2D eigenvalue weighted by atomic mass is 10.2. The molecule has 0 aliphatic carbocycles. The summed E-state index contributed by atoms with van der Waals surface area (Å²) in [7, 11) is -3.68. The molecule has 1 aliphatic rings. The number of morpholine rings is 1. The molecular weight excluding hydrogens is 460 g/mol. The SMILES string of the molecule is Cc1cccc(CN(C(=O)OC(C)(C)C)c2cc(N3CCOCC3)cc(COS(C)(=O)=O)n2)n1. The lowest BCUT2D eigenvalue weighted by Gasteiger charge is -2.31. The second-order valence-corrected chi connectivity index (χ2v) is 10.7. The van der Waals surface area contributed by atoms with E-state index in [0.717, 1.165) is 17.6 Å². The maximum atomic E-state index is 13.2. The van der Waals surface area contributed by atoms with E-state index in [9.17, 15) is 13.2 Å². The third-order valence-electron chi connectivity index (χ3n) is 4.80. The number of ether oxygens (including phenoxy) is 2. The molecule has 3 rings (SSSR count). The zero-order valence-electron chi connectivity index (χ0n) is 20.3. The van der Waals surface area contributed by atoms with Crippen LogP contribution in [0.5, 0.6) is 0 Å². The van der Waals surface area contributed by atoms with Crippen LogP contribution in [-0.4, -0.2) is 62.6 Å². The van der Waals surface area contributed by atoms with Crippen LogP contribution in [0, 0.1) is 6.92 Å². The fourth-order valence-corrected chi connectivity index (χ4v) is 3.68. The highest BCUT2D eigenvalue weighted by molar-refractivity contribution is 7.85. The van der Waals surface area contributed by atoms with Gasteiger partial charge in [-0.15, -0.1) is 0 Å². The van der Waals surface area contributed by atoms with Crippen LogP contribution in [0.25, 0.3) is 0 Å². The highest BCUT2D eigenvalue weighted by Gasteiger charge is 2.27. The molecular formula is C23H32N4O6S. The molecule has 0 atom stereocenters. The van der Waals surface area contributed by atoms with Crippen LogP contribution < -0.4 is 9.80 Å². The van der Waals surface area contributed by atoms with Gasteiger partial charge in [0.2, 0.25) is 0 Å². The van der Waals surface area contributed by atoms with Gasteiger partial charge in [-0.25, -0.2) is 9.78 Å². The average molecular weight is 493 g/mol. The molecule has 186 valence electrons. The van der Waals surface area contributed by atoms with Crippen LogP contribution >= 0.6 is 0 Å². The standard InChI is InChI=1S/C23H32N4O6S/c1-17-7-6-8-18(24-17)15-27(22(28)33-23(2,3)4)21-14-20(26-9-11-31-12-10-26)13-19(25-21)16-32-34(5,29)30/h6-8,13-14H,9-12,15-16H2,1-5H3. The normalized spacial score (nSPS) is 14.7. The molecule has 0 radical (unpaired) electrons. The number of hydrogen-bond donors (Lipinski definition) is 0. The van der Waals surface area contributed by atoms with Crippen LogP contribution in [0.1, 0.15) is 37.9 Å². The van der Waals surface area contributed by atoms with Gasteiger partial charge in [-0.2, -0.15) is 8.42 Å². The number of carbonyl (C=O) groups excluding carboxylic acids is 1. The van der Waals surface area contributed by atoms with E-state index < -0.39 is 21.8 Å². The first-order valence-corrected chi connectivity index (χ1v) is 12.8. The number of rotatable bonds is 7. The zero-order valence-corrected chi connectivity index (χ0v) is 21.1. The number of aryl methyl sites for hydroxylation is 1. The number of hydrogen-bond acceptors (Lipinski definition) is 9. The molecule has 2 aromatic rings. The molecule has 3 heterocycles. The first-order valence-electron chi connectivity index (χ1n) is 11.0. The topological polar surface area (TPSA) is 111 Å². The molecule has 0 N–H and O–H groups in total. The Morgan fingerprint density at radius 1 is 1.15 bits per heavy atom. The van der Waals surface area contributed by atoms with E-state index in [-0.39, 0.29) is 13.2 Å². The molecule has 0 aromatic carbocycles. The number of pyridine rings is 2. The fourth-order valence-electron chi connectivity index (χ4n) is 3.35. The summed E-state index contributed by atoms with van der Waals surface area (Å²) in [5.74, 6) is 0.314. The molecule has 2 aromatic heterocycles. The molecule has 1 amide bonds. The highest BCUT2D eigenvalue weighted by atomic mass is 32.2. The third-order valence-corrected chi connectivity index (χ3v) is 5.35. The summed E-state index contributed by atoms with van der Waals surface area (Å²) in [5.41, 5.74) is 1.91. The Morgan fingerprint density at radius 3 is 2.47 bits per heavy atom. The summed E-state index contributed by atoms with van der Waals surface area (Å²) in [6.45, 7) is 9.55. The molecule has 34 heavy (non-hydrogen) atoms. The monoisotopic (exact) mass is 492 g/mol. The van der Waals surface area contributed by atoms with Crippen LogP contribution in [0.2, 0.25) is 0 Å². The van der Waals surface area contributed by atoms with E-state index in [0.29, 0.717) is 43.5 Å². The van der Waals surface area contributed by atoms with Crippen LogP contribution in [-0.2, 0) is 36.9 Å². The fraction of sp³-hybridized carbons (Fsp3) is 0.522. The van der Waals surface area contributed by atoms with Gasteiger partial charge in [0, 0.05) is 30.5 Å². The van der Waals surface area contributed by atoms with Crippen molar-refractivity contribution in [1.82, 2.24) is 9.97 Å². The van der Waals surface area contributed by atoms with E-state index in [1.807, 2.05) is 25.1 Å². The molecule has 0 spiro atoms. The van der Waals surface area contributed by atoms with Gasteiger partial charge in [0.05, 0.1) is 37.4 Å². The van der Waals surface area contributed by atoms with Crippen molar-refractivity contribution in [3.63, 3.8) is 0 Å². The maximum absolute atomic E-state index is 13.2. The van der Waals surface area contributed by atoms with E-state index in [1.54, 1.807) is 32.9 Å². The summed E-state index contributed by atoms with van der Waals surface area (Å²) in [4.78, 5) is 25.8. The number of nitrogens with zero attached hydrogens (tertiary/aromatic N) is 4. The van der Waals surface area contributed by atoms with E-state index in [2.05, 4.69) is 14.9 Å². The van der Waals surface area contributed by atoms with Crippen molar-refractivity contribution in [2.75, 3.05) is 42.4 Å². The highest BCUT2D eigenvalue weighted by Crippen LogP contribution is 2.26. The van der Waals surface area contributed by atoms with Crippen molar-refractivity contribution in [3.8, 4) is 0 Å². The van der Waals surface area contributed by atoms with Gasteiger partial charge in [-0.1, -0.05) is 6.07 Å². The van der Waals surface area contributed by atoms with Crippen LogP contribution in [0.4, 0.5) is 16.3 Å². The Bertz CT molecular complexity index is 1110. The van der Waals surface area contributed by atoms with Crippen LogP contribution in [0.15, 0.2) is 30.3 Å². The molecule has 1 fully saturated rings. The van der Waals surface area contributed by atoms with Crippen molar-refractivity contribution in [2.24, 2.45) is 0 Å². The lowest BCUT2D eigenvalue weighted by Crippen LogP contribution is -2.38. The van der Waals surface area contributed by atoms with Crippen molar-refractivity contribution < 1.29 is 26.9 Å². The quantitative estimate of drug-likeness (QED) is 0.538. The minimum Gasteiger partial charge on any atom is -0.443 e. The summed E-state index contributed by atoms with van der Waals surface area (Å²) in [5, 5.41) is 0. The lowest BCUT2D eigenvalue weighted by molar-refractivity contribution is 0.0575. The van der Waals surface area contributed by atoms with Crippen LogP contribution in [0.3, 0.4) is 0 Å². The van der Waals surface area contributed by atoms with Gasteiger partial charge in [-0.05, 0) is 45.9 Å². The second kappa shape index (κ2) is 10.7. The van der Waals surface area contributed by atoms with Gasteiger partial charge >= 0.3 is 6.09 Å². The van der Waals surface area contributed by atoms with Crippen molar-refractivity contribution >= 4 is 27.7 Å². The molecule has 0 bridgehead atoms.